The fraction of sp³-hybridized carbons (Fsp3) is 0.133. The Hall–Kier alpha value is -2.49. The van der Waals surface area contributed by atoms with E-state index in [0.29, 0.717) is 0 Å². The Balaban J connectivity index is 2.03. The lowest BCUT2D eigenvalue weighted by Crippen LogP contribution is -2.08. The molecule has 0 N–H and O–H groups in total. The summed E-state index contributed by atoms with van der Waals surface area (Å²) in [6, 6.07) is 15.9. The largest absolute Gasteiger partial charge is 0.234 e. The van der Waals surface area contributed by atoms with Crippen LogP contribution < -0.4 is 0 Å². The average molecular weight is 250 g/mol. The maximum absolute atomic E-state index is 4.57. The molecule has 0 radical (unpaired) electrons. The van der Waals surface area contributed by atoms with Gasteiger partial charge in [-0.25, -0.2) is 4.99 Å². The maximum Gasteiger partial charge on any atom is 0.129 e. The number of aryl methyl sites for hydroxylation is 1. The molecule has 1 heterocycles. The first kappa shape index (κ1) is 11.6. The van der Waals surface area contributed by atoms with E-state index in [0.717, 1.165) is 22.6 Å². The summed E-state index contributed by atoms with van der Waals surface area (Å²) in [7, 11) is 0. The summed E-state index contributed by atoms with van der Waals surface area (Å²) in [4.78, 5) is 4.57. The van der Waals surface area contributed by atoms with Gasteiger partial charge in [0.1, 0.15) is 11.4 Å². The number of fused-ring (bicyclic) bond motifs is 1. The van der Waals surface area contributed by atoms with E-state index in [-0.39, 0.29) is 0 Å². The molecule has 4 heteroatoms. The Labute approximate surface area is 111 Å². The Morgan fingerprint density at radius 2 is 1.79 bits per heavy atom. The average Bonchev–Trinajstić information content (AvgIpc) is 2.85. The van der Waals surface area contributed by atoms with Gasteiger partial charge in [-0.15, -0.1) is 5.10 Å². The quantitative estimate of drug-likeness (QED) is 0.491. The van der Waals surface area contributed by atoms with Crippen molar-refractivity contribution in [2.75, 3.05) is 0 Å². The Bertz CT molecular complexity index is 738. The SMILES string of the molecule is CC(=Nc1ccc(C)cc1)n1nnc2ccccc21. The number of rotatable bonds is 1. The molecule has 0 aliphatic heterocycles. The summed E-state index contributed by atoms with van der Waals surface area (Å²) in [6.07, 6.45) is 0. The van der Waals surface area contributed by atoms with Crippen molar-refractivity contribution in [1.82, 2.24) is 15.0 Å². The molecule has 19 heavy (non-hydrogen) atoms. The lowest BCUT2D eigenvalue weighted by Gasteiger charge is -2.01. The highest BCUT2D eigenvalue weighted by Gasteiger charge is 2.05. The molecule has 0 aliphatic rings. The van der Waals surface area contributed by atoms with E-state index in [9.17, 15) is 0 Å². The van der Waals surface area contributed by atoms with Crippen molar-refractivity contribution in [3.8, 4) is 0 Å². The normalized spacial score (nSPS) is 12.0. The third kappa shape index (κ3) is 2.25. The van der Waals surface area contributed by atoms with E-state index in [1.54, 1.807) is 4.68 Å². The van der Waals surface area contributed by atoms with Crippen LogP contribution in [-0.4, -0.2) is 20.8 Å². The number of para-hydroxylation sites is 1. The summed E-state index contributed by atoms with van der Waals surface area (Å²) < 4.78 is 1.76. The molecule has 0 aliphatic carbocycles. The van der Waals surface area contributed by atoms with E-state index in [2.05, 4.69) is 22.2 Å². The second kappa shape index (κ2) is 4.65. The number of aliphatic imine (C=N–C) groups is 1. The molecular formula is C15H14N4. The van der Waals surface area contributed by atoms with Gasteiger partial charge in [-0.3, -0.25) is 0 Å². The zero-order chi connectivity index (χ0) is 13.2. The van der Waals surface area contributed by atoms with Gasteiger partial charge in [0.2, 0.25) is 0 Å². The van der Waals surface area contributed by atoms with Gasteiger partial charge < -0.3 is 0 Å². The fourth-order valence-electron chi connectivity index (χ4n) is 1.96. The second-order valence-corrected chi connectivity index (χ2v) is 4.48. The molecule has 3 rings (SSSR count). The fourth-order valence-corrected chi connectivity index (χ4v) is 1.96. The monoisotopic (exact) mass is 250 g/mol. The van der Waals surface area contributed by atoms with Gasteiger partial charge in [0.15, 0.2) is 0 Å². The van der Waals surface area contributed by atoms with Gasteiger partial charge in [-0.1, -0.05) is 35.0 Å². The summed E-state index contributed by atoms with van der Waals surface area (Å²) in [6.45, 7) is 3.99. The highest BCUT2D eigenvalue weighted by atomic mass is 15.4. The van der Waals surface area contributed by atoms with Gasteiger partial charge in [0.05, 0.1) is 11.2 Å². The maximum atomic E-state index is 4.57. The number of aromatic nitrogens is 3. The highest BCUT2D eigenvalue weighted by molar-refractivity contribution is 5.91. The Morgan fingerprint density at radius 1 is 1.05 bits per heavy atom. The molecule has 0 saturated carbocycles. The lowest BCUT2D eigenvalue weighted by atomic mass is 10.2. The van der Waals surface area contributed by atoms with E-state index in [1.807, 2.05) is 55.5 Å². The molecule has 0 spiro atoms. The van der Waals surface area contributed by atoms with Crippen molar-refractivity contribution in [2.24, 2.45) is 4.99 Å². The van der Waals surface area contributed by atoms with Crippen LogP contribution in [0, 0.1) is 6.92 Å². The number of hydrogen-bond acceptors (Lipinski definition) is 3. The minimum atomic E-state index is 0.803. The second-order valence-electron chi connectivity index (χ2n) is 4.48. The zero-order valence-electron chi connectivity index (χ0n) is 10.9. The predicted octanol–water partition coefficient (Wildman–Crippen LogP) is 3.34. The summed E-state index contributed by atoms with van der Waals surface area (Å²) >= 11 is 0. The minimum Gasteiger partial charge on any atom is -0.234 e. The first-order valence-corrected chi connectivity index (χ1v) is 6.17. The van der Waals surface area contributed by atoms with Crippen molar-refractivity contribution in [2.45, 2.75) is 13.8 Å². The third-order valence-corrected chi connectivity index (χ3v) is 2.98. The van der Waals surface area contributed by atoms with Crippen LogP contribution in [0.5, 0.6) is 0 Å². The van der Waals surface area contributed by atoms with Crippen LogP contribution in [0.4, 0.5) is 5.69 Å². The molecule has 4 nitrogen and oxygen atoms in total. The number of benzene rings is 2. The first-order chi connectivity index (χ1) is 9.24. The van der Waals surface area contributed by atoms with E-state index >= 15 is 0 Å². The molecule has 1 aromatic heterocycles. The van der Waals surface area contributed by atoms with Gasteiger partial charge in [-0.2, -0.15) is 4.68 Å². The van der Waals surface area contributed by atoms with Crippen LogP contribution in [0.3, 0.4) is 0 Å². The topological polar surface area (TPSA) is 43.1 Å². The minimum absolute atomic E-state index is 0.803. The molecule has 94 valence electrons. The highest BCUT2D eigenvalue weighted by Crippen LogP contribution is 2.15. The van der Waals surface area contributed by atoms with Crippen LogP contribution in [0.15, 0.2) is 53.5 Å². The number of nitrogens with zero attached hydrogens (tertiary/aromatic N) is 4. The van der Waals surface area contributed by atoms with Crippen molar-refractivity contribution >= 4 is 22.6 Å². The summed E-state index contributed by atoms with van der Waals surface area (Å²) in [5.74, 6) is 0.803. The third-order valence-electron chi connectivity index (χ3n) is 2.98. The van der Waals surface area contributed by atoms with Crippen LogP contribution in [0.1, 0.15) is 12.5 Å². The molecule has 0 unspecified atom stereocenters. The van der Waals surface area contributed by atoms with Crippen LogP contribution >= 0.6 is 0 Å². The molecule has 0 bridgehead atoms. The van der Waals surface area contributed by atoms with Gasteiger partial charge in [-0.05, 0) is 38.1 Å². The lowest BCUT2D eigenvalue weighted by molar-refractivity contribution is 0.857. The smallest absolute Gasteiger partial charge is 0.129 e. The van der Waals surface area contributed by atoms with Crippen LogP contribution in [-0.2, 0) is 0 Å². The van der Waals surface area contributed by atoms with Crippen molar-refractivity contribution in [3.63, 3.8) is 0 Å². The summed E-state index contributed by atoms with van der Waals surface area (Å²) in [5.41, 5.74) is 3.99. The van der Waals surface area contributed by atoms with E-state index in [1.165, 1.54) is 5.56 Å². The Morgan fingerprint density at radius 3 is 2.58 bits per heavy atom. The molecule has 3 aromatic rings. The molecule has 0 fully saturated rings. The van der Waals surface area contributed by atoms with Crippen molar-refractivity contribution in [3.05, 3.63) is 54.1 Å². The van der Waals surface area contributed by atoms with Crippen molar-refractivity contribution in [1.29, 1.82) is 0 Å². The molecule has 0 saturated heterocycles. The zero-order valence-corrected chi connectivity index (χ0v) is 10.9. The van der Waals surface area contributed by atoms with E-state index in [4.69, 9.17) is 0 Å². The van der Waals surface area contributed by atoms with Gasteiger partial charge in [0, 0.05) is 0 Å². The van der Waals surface area contributed by atoms with Crippen LogP contribution in [0.2, 0.25) is 0 Å². The standard InChI is InChI=1S/C15H14N4/c1-11-7-9-13(10-8-11)16-12(2)19-15-6-4-3-5-14(15)17-18-19/h3-10H,1-2H3. The van der Waals surface area contributed by atoms with E-state index < -0.39 is 0 Å². The predicted molar refractivity (Wildman–Crippen MR) is 76.9 cm³/mol. The number of hydrogen-bond donors (Lipinski definition) is 0. The van der Waals surface area contributed by atoms with Gasteiger partial charge >= 0.3 is 0 Å². The molecule has 2 aromatic carbocycles. The first-order valence-electron chi connectivity index (χ1n) is 6.17. The van der Waals surface area contributed by atoms with Gasteiger partial charge in [0.25, 0.3) is 0 Å². The Kier molecular flexibility index (Phi) is 2.83. The molecule has 0 amide bonds. The molecular weight excluding hydrogens is 236 g/mol. The summed E-state index contributed by atoms with van der Waals surface area (Å²) in [5, 5.41) is 8.27. The van der Waals surface area contributed by atoms with Crippen molar-refractivity contribution < 1.29 is 0 Å². The molecule has 0 atom stereocenters. The van der Waals surface area contributed by atoms with Crippen LogP contribution in [0.25, 0.3) is 11.0 Å².